The van der Waals surface area contributed by atoms with Gasteiger partial charge in [0.15, 0.2) is 12.3 Å². The molecule has 0 bridgehead atoms. The van der Waals surface area contributed by atoms with E-state index < -0.39 is 61.4 Å². The Bertz CT molecular complexity index is 3790. The minimum Gasteiger partial charge on any atom is -0.487 e. The summed E-state index contributed by atoms with van der Waals surface area (Å²) in [5.41, 5.74) is 39.9. The van der Waals surface area contributed by atoms with Crippen molar-refractivity contribution in [1.29, 1.82) is 0 Å². The van der Waals surface area contributed by atoms with Gasteiger partial charge in [-0.1, -0.05) is 54.6 Å². The van der Waals surface area contributed by atoms with Gasteiger partial charge in [0.25, 0.3) is 0 Å². The van der Waals surface area contributed by atoms with E-state index >= 15 is 0 Å². The molecule has 15 N–H and O–H groups in total. The predicted molar refractivity (Wildman–Crippen MR) is 356 cm³/mol. The van der Waals surface area contributed by atoms with Crippen molar-refractivity contribution in [2.75, 3.05) is 66.8 Å². The number of rotatable bonds is 21. The topological polar surface area (TPSA) is 354 Å². The van der Waals surface area contributed by atoms with Gasteiger partial charge in [-0.2, -0.15) is 0 Å². The number of aliphatic hydroxyl groups is 2. The molecule has 24 heteroatoms. The van der Waals surface area contributed by atoms with Crippen LogP contribution in [-0.4, -0.2) is 138 Å². The molecule has 95 heavy (non-hydrogen) atoms. The van der Waals surface area contributed by atoms with E-state index in [1.54, 1.807) is 18.2 Å². The van der Waals surface area contributed by atoms with Crippen LogP contribution in [0.15, 0.2) is 127 Å². The van der Waals surface area contributed by atoms with Crippen LogP contribution >= 0.6 is 0 Å². The number of benzene rings is 6. The summed E-state index contributed by atoms with van der Waals surface area (Å²) >= 11 is 0. The number of hydrogen-bond donors (Lipinski definition) is 10. The summed E-state index contributed by atoms with van der Waals surface area (Å²) in [6.45, 7) is 0.735. The number of alkyl halides is 2. The highest BCUT2D eigenvalue weighted by Gasteiger charge is 2.47. The number of nitrogens with two attached hydrogens (primary N) is 5. The lowest BCUT2D eigenvalue weighted by Crippen LogP contribution is -2.50. The van der Waals surface area contributed by atoms with Crippen LogP contribution in [0.3, 0.4) is 0 Å². The number of ether oxygens (including phenoxy) is 2. The lowest BCUT2D eigenvalue weighted by Gasteiger charge is -2.34. The van der Waals surface area contributed by atoms with E-state index in [0.717, 1.165) is 107 Å². The molecule has 6 aliphatic rings. The zero-order chi connectivity index (χ0) is 67.4. The minimum atomic E-state index is -1.38. The lowest BCUT2D eigenvalue weighted by atomic mass is 10.00. The fourth-order valence-electron chi connectivity index (χ4n) is 12.2. The normalized spacial score (nSPS) is 21.2. The maximum absolute atomic E-state index is 14.6. The van der Waals surface area contributed by atoms with Gasteiger partial charge in [-0.25, -0.2) is 8.78 Å². The van der Waals surface area contributed by atoms with E-state index in [2.05, 4.69) is 26.9 Å². The summed E-state index contributed by atoms with van der Waals surface area (Å²) in [4.78, 5) is 87.3. The Hall–Kier alpha value is -9.33. The molecule has 7 atom stereocenters. The smallest absolute Gasteiger partial charge is 0.248 e. The van der Waals surface area contributed by atoms with E-state index in [4.69, 9.17) is 48.4 Å². The first-order valence-electron chi connectivity index (χ1n) is 32.3. The molecular weight excluding hydrogens is 1220 g/mol. The van der Waals surface area contributed by atoms with Crippen molar-refractivity contribution in [1.82, 2.24) is 9.80 Å². The number of amides is 7. The van der Waals surface area contributed by atoms with E-state index in [1.807, 2.05) is 103 Å². The molecule has 0 unspecified atom stereocenters. The van der Waals surface area contributed by atoms with Crippen LogP contribution in [-0.2, 0) is 53.2 Å². The zero-order valence-electron chi connectivity index (χ0n) is 52.8. The van der Waals surface area contributed by atoms with Gasteiger partial charge in [0.1, 0.15) is 43.0 Å². The number of primary amides is 2. The Morgan fingerprint density at radius 2 is 0.884 bits per heavy atom. The van der Waals surface area contributed by atoms with Gasteiger partial charge in [-0.15, -0.1) is 0 Å². The molecule has 3 aliphatic carbocycles. The van der Waals surface area contributed by atoms with Crippen molar-refractivity contribution in [3.05, 3.63) is 144 Å². The van der Waals surface area contributed by atoms with Crippen LogP contribution in [0.5, 0.6) is 11.5 Å². The molecule has 0 radical (unpaired) electrons. The Morgan fingerprint density at radius 1 is 0.474 bits per heavy atom. The number of aliphatic hydroxyl groups excluding tert-OH is 2. The maximum atomic E-state index is 14.6. The number of likely N-dealkylation sites (tertiary alicyclic amines) is 2. The first kappa shape index (κ1) is 68.5. The van der Waals surface area contributed by atoms with Crippen LogP contribution in [0.1, 0.15) is 74.5 Å². The number of nitrogens with zero attached hydrogens (tertiary/aromatic N) is 3. The molecule has 3 saturated heterocycles. The number of carbonyl (C=O) groups excluding carboxylic acids is 7. The number of nitrogens with one attached hydrogen (secondary N) is 3. The second kappa shape index (κ2) is 31.3. The van der Waals surface area contributed by atoms with Crippen molar-refractivity contribution in [3.8, 4) is 44.9 Å². The van der Waals surface area contributed by atoms with Crippen molar-refractivity contribution >= 4 is 64.1 Å². The van der Waals surface area contributed by atoms with Gasteiger partial charge in [0.2, 0.25) is 41.4 Å². The summed E-state index contributed by atoms with van der Waals surface area (Å²) in [5, 5.41) is 26.7. The average molecular weight is 1300 g/mol. The molecule has 3 saturated carbocycles. The summed E-state index contributed by atoms with van der Waals surface area (Å²) < 4.78 is 41.1. The molecule has 6 aromatic rings. The Balaban J connectivity index is 0.000000156. The van der Waals surface area contributed by atoms with E-state index in [0.29, 0.717) is 61.6 Å². The highest BCUT2D eigenvalue weighted by atomic mass is 19.1. The van der Waals surface area contributed by atoms with E-state index in [-0.39, 0.29) is 73.6 Å². The van der Waals surface area contributed by atoms with Gasteiger partial charge < -0.3 is 79.0 Å². The highest BCUT2D eigenvalue weighted by Crippen LogP contribution is 2.40. The maximum Gasteiger partial charge on any atom is 0.248 e. The van der Waals surface area contributed by atoms with Crippen molar-refractivity contribution in [2.24, 2.45) is 52.3 Å². The molecule has 6 fully saturated rings. The molecule has 502 valence electrons. The summed E-state index contributed by atoms with van der Waals surface area (Å²) in [6.07, 6.45) is 2.55. The van der Waals surface area contributed by atoms with Crippen LogP contribution < -0.4 is 59.0 Å². The lowest BCUT2D eigenvalue weighted by molar-refractivity contribution is -0.138. The third-order valence-corrected chi connectivity index (χ3v) is 18.0. The van der Waals surface area contributed by atoms with Gasteiger partial charge in [0, 0.05) is 97.8 Å². The number of piperidine rings is 2. The molecule has 7 amide bonds. The SMILES string of the molecule is NCc1cc(-c2cccc(NC(=O)C3CC3)c2)ccc1N1CCC[C@@H]1C(N)=O.NCc1cc(-c2cccc(NC(=O)C3CC3)c2)ccc1O[C@H]1CCN(C(=O)CO)C[C@H]1F.NCc1cc(-c2cccc(NC(=O)[C@@H]3C[C@@H]3C(N)=O)c2)ccc1O[C@H]1CCN(C(=O)CO)C[C@H]1F. The van der Waals surface area contributed by atoms with Gasteiger partial charge in [0.05, 0.1) is 24.9 Å². The quantitative estimate of drug-likeness (QED) is 0.0380. The molecule has 6 aromatic carbocycles. The van der Waals surface area contributed by atoms with Gasteiger partial charge in [-0.05, 0) is 157 Å². The zero-order valence-corrected chi connectivity index (χ0v) is 52.8. The number of hydrogen-bond acceptors (Lipinski definition) is 15. The van der Waals surface area contributed by atoms with Crippen LogP contribution in [0.25, 0.3) is 33.4 Å². The van der Waals surface area contributed by atoms with E-state index in [1.165, 1.54) is 9.80 Å². The Morgan fingerprint density at radius 3 is 1.26 bits per heavy atom. The molecule has 12 rings (SSSR count). The molecule has 22 nitrogen and oxygen atoms in total. The molecule has 0 spiro atoms. The molecular formula is C71H83F2N11O11. The average Bonchev–Trinajstić information content (AvgIpc) is 1.78. The third-order valence-electron chi connectivity index (χ3n) is 18.0. The highest BCUT2D eigenvalue weighted by molar-refractivity contribution is 6.00. The van der Waals surface area contributed by atoms with Crippen molar-refractivity contribution in [2.45, 2.75) is 108 Å². The standard InChI is InChI=1S/C25H29FN4O5.C24H28FN3O4.C22H26N4O2/c26-20-12-30(23(32)13-31)7-6-22(20)35-21-5-4-15(8-16(21)11-27)14-2-1-3-17(9-14)29-25(34)19-10-18(19)24(28)33;25-20-13-28(23(30)14-29)9-8-22(20)32-21-7-6-17(10-18(21)12-26)16-2-1-3-19(11-16)27-24(31)15-4-5-15;23-13-17-11-16(8-9-19(17)26-10-2-5-20(26)21(24)27)15-3-1-4-18(12-15)25-22(28)14-6-7-14/h1-5,8-9,18-20,22,31H,6-7,10-13,27H2,(H2,28,33)(H,29,34);1-3,6-7,10-11,15,20,22,29H,4-5,8-9,12-14,26H2,(H,27,31);1,3-4,8-9,11-12,14,20H,2,5-7,10,13,23H2,(H2,24,27)(H,25,28)/t18-,19+,20+,22-;20-,22+;20-/m011/s1. The second-order valence-electron chi connectivity index (χ2n) is 24.9. The van der Waals surface area contributed by atoms with E-state index in [9.17, 15) is 42.3 Å². The second-order valence-corrected chi connectivity index (χ2v) is 24.9. The van der Waals surface area contributed by atoms with Crippen molar-refractivity contribution in [3.63, 3.8) is 0 Å². The van der Waals surface area contributed by atoms with Gasteiger partial charge >= 0.3 is 0 Å². The number of carbonyl (C=O) groups is 7. The Labute approximate surface area is 549 Å². The fraction of sp³-hybridized carbons (Fsp3) is 0.394. The Kier molecular flexibility index (Phi) is 22.6. The molecule has 3 heterocycles. The number of halogens is 2. The summed E-state index contributed by atoms with van der Waals surface area (Å²) in [6, 6.07) is 39.6. The monoisotopic (exact) mass is 1300 g/mol. The van der Waals surface area contributed by atoms with Crippen LogP contribution in [0.4, 0.5) is 31.5 Å². The predicted octanol–water partition coefficient (Wildman–Crippen LogP) is 6.27. The third kappa shape index (κ3) is 17.5. The largest absolute Gasteiger partial charge is 0.487 e. The molecule has 3 aliphatic heterocycles. The first-order valence-corrected chi connectivity index (χ1v) is 32.3. The van der Waals surface area contributed by atoms with Gasteiger partial charge in [-0.3, -0.25) is 33.6 Å². The minimum absolute atomic E-state index is 0.0565. The fourth-order valence-corrected chi connectivity index (χ4v) is 12.2. The summed E-state index contributed by atoms with van der Waals surface area (Å²) in [5.74, 6) is -1.29. The van der Waals surface area contributed by atoms with Crippen LogP contribution in [0, 0.1) is 23.7 Å². The number of anilines is 4. The molecule has 0 aromatic heterocycles. The first-order chi connectivity index (χ1) is 45.8. The summed E-state index contributed by atoms with van der Waals surface area (Å²) in [7, 11) is 0. The van der Waals surface area contributed by atoms with Crippen LogP contribution in [0.2, 0.25) is 0 Å². The van der Waals surface area contributed by atoms with Crippen molar-refractivity contribution < 1.29 is 62.0 Å².